The molecule has 1 atom stereocenters. The first-order valence-electron chi connectivity index (χ1n) is 12.4. The Morgan fingerprint density at radius 1 is 0.907 bits per heavy atom. The fraction of sp³-hybridized carbons (Fsp3) is 0.250. The van der Waals surface area contributed by atoms with E-state index in [1.54, 1.807) is 14.2 Å². The second-order valence-electron chi connectivity index (χ2n) is 9.74. The van der Waals surface area contributed by atoms with Crippen LogP contribution in [0.3, 0.4) is 0 Å². The van der Waals surface area contributed by atoms with Gasteiger partial charge in [0.05, 0.1) is 47.2 Å². The molecule has 3 aliphatic heterocycles. The molecular weight excluding hydrogens is 584 g/mol. The zero-order chi connectivity index (χ0) is 31.3. The van der Waals surface area contributed by atoms with Crippen molar-refractivity contribution in [3.63, 3.8) is 0 Å². The van der Waals surface area contributed by atoms with Crippen LogP contribution < -0.4 is 37.8 Å². The summed E-state index contributed by atoms with van der Waals surface area (Å²) < 4.78 is 67.6. The fourth-order valence-electron chi connectivity index (χ4n) is 5.60. The summed E-state index contributed by atoms with van der Waals surface area (Å²) in [5.41, 5.74) is 4.32. The lowest BCUT2D eigenvalue weighted by Gasteiger charge is -2.54. The van der Waals surface area contributed by atoms with Crippen LogP contribution >= 0.6 is 0 Å². The molecule has 14 nitrogen and oxygen atoms in total. The van der Waals surface area contributed by atoms with E-state index in [2.05, 4.69) is 24.1 Å². The molecule has 0 spiro atoms. The Bertz CT molecular complexity index is 1840. The van der Waals surface area contributed by atoms with E-state index >= 15 is 0 Å². The van der Waals surface area contributed by atoms with Crippen molar-refractivity contribution in [2.24, 2.45) is 0 Å². The van der Waals surface area contributed by atoms with Gasteiger partial charge < -0.3 is 42.4 Å². The Kier molecular flexibility index (Phi) is 7.37. The molecule has 1 N–H and O–H groups in total. The largest absolute Gasteiger partial charge is 0.726 e. The first kappa shape index (κ1) is 29.6. The molecule has 0 aliphatic carbocycles. The van der Waals surface area contributed by atoms with E-state index in [0.717, 1.165) is 22.5 Å². The van der Waals surface area contributed by atoms with Gasteiger partial charge in [-0.25, -0.2) is 8.42 Å². The summed E-state index contributed by atoms with van der Waals surface area (Å²) in [6, 6.07) is 12.0. The first-order chi connectivity index (χ1) is 20.4. The highest BCUT2D eigenvalue weighted by atomic mass is 32.3. The molecule has 0 fully saturated rings. The number of quaternary nitrogens is 1. The van der Waals surface area contributed by atoms with Crippen LogP contribution in [0.5, 0.6) is 46.0 Å². The van der Waals surface area contributed by atoms with Crippen LogP contribution in [0.2, 0.25) is 0 Å². The lowest BCUT2D eigenvalue weighted by Crippen LogP contribution is -2.57. The van der Waals surface area contributed by atoms with Gasteiger partial charge in [0.15, 0.2) is 46.0 Å². The zero-order valence-electron chi connectivity index (χ0n) is 23.5. The minimum absolute atomic E-state index is 0.0827. The normalized spacial score (nSPS) is 17.0. The molecule has 6 rings (SSSR count). The molecular formula is C28H25N4O10S-. The second-order valence-corrected chi connectivity index (χ2v) is 10.6. The van der Waals surface area contributed by atoms with E-state index in [0.29, 0.717) is 47.2 Å². The van der Waals surface area contributed by atoms with Crippen LogP contribution in [0.15, 0.2) is 24.3 Å². The number of fused-ring (bicyclic) bond motifs is 8. The maximum absolute atomic E-state index is 9.92. The van der Waals surface area contributed by atoms with Crippen molar-refractivity contribution in [2.75, 3.05) is 40.0 Å². The van der Waals surface area contributed by atoms with Crippen LogP contribution in [0.4, 0.5) is 11.4 Å². The van der Waals surface area contributed by atoms with Gasteiger partial charge in [0.1, 0.15) is 35.6 Å². The van der Waals surface area contributed by atoms with Crippen molar-refractivity contribution in [3.05, 3.63) is 53.6 Å². The minimum Gasteiger partial charge on any atom is -0.726 e. The fourth-order valence-corrected chi connectivity index (χ4v) is 5.60. The first-order valence-corrected chi connectivity index (χ1v) is 13.8. The summed E-state index contributed by atoms with van der Waals surface area (Å²) in [5, 5.41) is 19.8. The molecule has 1 unspecified atom stereocenters. The van der Waals surface area contributed by atoms with Crippen molar-refractivity contribution in [3.8, 4) is 58.1 Å². The lowest BCUT2D eigenvalue weighted by molar-refractivity contribution is 0.305. The third kappa shape index (κ3) is 5.04. The van der Waals surface area contributed by atoms with E-state index in [1.807, 2.05) is 24.3 Å². The van der Waals surface area contributed by atoms with Crippen LogP contribution in [0, 0.1) is 29.7 Å². The van der Waals surface area contributed by atoms with Crippen molar-refractivity contribution in [1.29, 1.82) is 10.5 Å². The second kappa shape index (κ2) is 10.7. The number of hydrogen-bond donors (Lipinski definition) is 1. The van der Waals surface area contributed by atoms with Crippen LogP contribution in [0.1, 0.15) is 22.3 Å². The number of anilines is 1. The van der Waals surface area contributed by atoms with Gasteiger partial charge in [0.25, 0.3) is 0 Å². The summed E-state index contributed by atoms with van der Waals surface area (Å²) in [4.78, 5) is 2.25. The number of benzene rings is 3. The third-order valence-corrected chi connectivity index (χ3v) is 7.23. The summed E-state index contributed by atoms with van der Waals surface area (Å²) in [6.07, 6.45) is 0. The van der Waals surface area contributed by atoms with Gasteiger partial charge in [0, 0.05) is 23.3 Å². The monoisotopic (exact) mass is 609 g/mol. The predicted octanol–water partition coefficient (Wildman–Crippen LogP) is 3.96. The Hall–Kier alpha value is -4.93. The molecule has 0 saturated heterocycles. The van der Waals surface area contributed by atoms with Crippen LogP contribution in [0.25, 0.3) is 0 Å². The van der Waals surface area contributed by atoms with Gasteiger partial charge in [0.2, 0.25) is 10.4 Å². The zero-order valence-corrected chi connectivity index (χ0v) is 24.3. The van der Waals surface area contributed by atoms with Gasteiger partial charge in [-0.1, -0.05) is 0 Å². The number of rotatable bonds is 4. The summed E-state index contributed by atoms with van der Waals surface area (Å²) >= 11 is 0. The molecule has 0 aromatic heterocycles. The van der Waals surface area contributed by atoms with Crippen molar-refractivity contribution in [1.82, 2.24) is 4.48 Å². The van der Waals surface area contributed by atoms with Gasteiger partial charge in [-0.3, -0.25) is 4.55 Å². The minimum atomic E-state index is -4.92. The van der Waals surface area contributed by atoms with E-state index in [1.165, 1.54) is 14.2 Å². The highest BCUT2D eigenvalue weighted by molar-refractivity contribution is 7.79. The summed E-state index contributed by atoms with van der Waals surface area (Å²) in [7, 11) is 5.73. The number of nitriles is 2. The molecule has 224 valence electrons. The van der Waals surface area contributed by atoms with Gasteiger partial charge >= 0.3 is 0 Å². The molecule has 2 bridgehead atoms. The molecule has 0 radical (unpaired) electrons. The molecule has 3 aromatic carbocycles. The molecule has 3 aromatic rings. The molecule has 0 saturated carbocycles. The SMILES string of the molecule is O=S(=O)([O-])O.[CH2-][N+]12Cc3cc(OC)c(OC)cc3N(Cc3cc4c(cc31)Oc1c(C#N)c(OC)c(OC)c(C#N)c1O4)C2. The lowest BCUT2D eigenvalue weighted by atomic mass is 9.98. The van der Waals surface area contributed by atoms with Gasteiger partial charge in [-0.05, 0) is 12.1 Å². The molecule has 3 heterocycles. The number of nitrogens with zero attached hydrogens (tertiary/aromatic N) is 4. The Balaban J connectivity index is 0.000000682. The highest BCUT2D eigenvalue weighted by Gasteiger charge is 2.41. The average molecular weight is 610 g/mol. The summed E-state index contributed by atoms with van der Waals surface area (Å²) in [5.74, 6) is 2.66. The summed E-state index contributed by atoms with van der Waals surface area (Å²) in [6.45, 7) is 1.89. The quantitative estimate of drug-likeness (QED) is 0.152. The van der Waals surface area contributed by atoms with E-state index < -0.39 is 10.4 Å². The molecule has 0 amide bonds. The molecule has 43 heavy (non-hydrogen) atoms. The third-order valence-electron chi connectivity index (χ3n) is 7.23. The molecule has 15 heteroatoms. The van der Waals surface area contributed by atoms with E-state index in [4.69, 9.17) is 45.9 Å². The van der Waals surface area contributed by atoms with Gasteiger partial charge in [-0.15, -0.1) is 7.05 Å². The topological polar surface area (TPSA) is 184 Å². The van der Waals surface area contributed by atoms with E-state index in [-0.39, 0.29) is 34.1 Å². The Morgan fingerprint density at radius 3 is 1.91 bits per heavy atom. The maximum atomic E-state index is 9.92. The molecule has 3 aliphatic rings. The standard InChI is InChI=1S/C28H24N4O6.H2O4S/c1-32-13-16-7-21(33-2)22(34-3)8-19(16)31(14-32)12-15-6-23-24(9-20(15)32)38-28-18(11-30)26(36-5)25(35-4)17(10-29)27(28)37-23;1-5(2,3)4/h6-9H,1,12-14H2,2-5H3;(H2,1,2,3,4)/p-1. The van der Waals surface area contributed by atoms with Crippen LogP contribution in [-0.4, -0.2) is 52.6 Å². The average Bonchev–Trinajstić information content (AvgIpc) is 2.96. The Morgan fingerprint density at radius 2 is 1.42 bits per heavy atom. The predicted molar refractivity (Wildman–Crippen MR) is 149 cm³/mol. The number of ether oxygens (including phenoxy) is 6. The van der Waals surface area contributed by atoms with Crippen molar-refractivity contribution >= 4 is 21.8 Å². The van der Waals surface area contributed by atoms with E-state index in [9.17, 15) is 10.5 Å². The highest BCUT2D eigenvalue weighted by Crippen LogP contribution is 2.57. The number of methoxy groups -OCH3 is 4. The Labute approximate surface area is 247 Å². The van der Waals surface area contributed by atoms with Crippen molar-refractivity contribution in [2.45, 2.75) is 13.1 Å². The van der Waals surface area contributed by atoms with Crippen molar-refractivity contribution < 1.29 is 45.9 Å². The smallest absolute Gasteiger partial charge is 0.215 e. The van der Waals surface area contributed by atoms with Gasteiger partial charge in [-0.2, -0.15) is 10.5 Å². The maximum Gasteiger partial charge on any atom is 0.215 e. The number of hydrogen-bond acceptors (Lipinski definition) is 12. The van der Waals surface area contributed by atoms with Crippen LogP contribution in [-0.2, 0) is 23.5 Å².